The molecule has 2 bridgehead atoms. The Morgan fingerprint density at radius 3 is 2.53 bits per heavy atom. The van der Waals surface area contributed by atoms with Crippen molar-refractivity contribution in [3.8, 4) is 0 Å². The highest BCUT2D eigenvalue weighted by Gasteiger charge is 2.95. The number of ketones is 1. The maximum absolute atomic E-state index is 14.2. The van der Waals surface area contributed by atoms with Crippen LogP contribution in [0.4, 0.5) is 0 Å². The Bertz CT molecular complexity index is 1280. The van der Waals surface area contributed by atoms with Gasteiger partial charge in [0.15, 0.2) is 18.0 Å². The number of hydrogen-bond donors (Lipinski definition) is 4. The number of fused-ring (bicyclic) bond motifs is 2. The van der Waals surface area contributed by atoms with Gasteiger partial charge >= 0.3 is 11.9 Å². The Hall–Kier alpha value is -2.31. The number of aliphatic hydroxyl groups is 4. The molecule has 206 valence electrons. The Morgan fingerprint density at radius 2 is 1.89 bits per heavy atom. The quantitative estimate of drug-likeness (QED) is 0.393. The summed E-state index contributed by atoms with van der Waals surface area (Å²) < 4.78 is 21.9. The van der Waals surface area contributed by atoms with E-state index in [0.29, 0.717) is 18.4 Å². The lowest BCUT2D eigenvalue weighted by molar-refractivity contribution is -0.387. The molecule has 1 aromatic heterocycles. The largest absolute Gasteiger partial charge is 0.472 e. The molecule has 0 radical (unpaired) electrons. The molecule has 6 fully saturated rings. The van der Waals surface area contributed by atoms with E-state index in [1.54, 1.807) is 13.0 Å². The van der Waals surface area contributed by atoms with E-state index in [4.69, 9.17) is 18.6 Å². The minimum Gasteiger partial charge on any atom is -0.472 e. The predicted molar refractivity (Wildman–Crippen MR) is 122 cm³/mol. The number of cyclic esters (lactones) is 1. The first-order valence-electron chi connectivity index (χ1n) is 13.1. The van der Waals surface area contributed by atoms with Gasteiger partial charge in [-0.15, -0.1) is 0 Å². The van der Waals surface area contributed by atoms with Gasteiger partial charge in [-0.2, -0.15) is 0 Å². The summed E-state index contributed by atoms with van der Waals surface area (Å²) in [5.74, 6) is -9.93. The van der Waals surface area contributed by atoms with Crippen LogP contribution in [-0.2, 0) is 28.6 Å². The Labute approximate surface area is 218 Å². The topological polar surface area (TPSA) is 173 Å². The summed E-state index contributed by atoms with van der Waals surface area (Å²) in [7, 11) is 1.12. The van der Waals surface area contributed by atoms with E-state index in [-0.39, 0.29) is 6.42 Å². The van der Waals surface area contributed by atoms with Crippen molar-refractivity contribution in [2.75, 3.05) is 7.11 Å². The molecular weight excluding hydrogens is 500 g/mol. The van der Waals surface area contributed by atoms with Crippen LogP contribution in [0, 0.1) is 39.9 Å². The molecular formula is C27H32O11. The van der Waals surface area contributed by atoms with Crippen LogP contribution in [0.2, 0.25) is 0 Å². The van der Waals surface area contributed by atoms with Crippen molar-refractivity contribution in [2.45, 2.75) is 75.3 Å². The molecule has 6 aliphatic rings. The number of ether oxygens (including phenoxy) is 3. The normalized spacial score (nSPS) is 56.4. The first-order valence-corrected chi connectivity index (χ1v) is 13.1. The lowest BCUT2D eigenvalue weighted by Gasteiger charge is -2.67. The van der Waals surface area contributed by atoms with Crippen molar-refractivity contribution in [1.82, 2.24) is 0 Å². The van der Waals surface area contributed by atoms with Crippen molar-refractivity contribution < 1.29 is 53.4 Å². The van der Waals surface area contributed by atoms with Crippen molar-refractivity contribution in [2.24, 2.45) is 39.9 Å². The number of rotatable bonds is 3. The molecule has 4 saturated carbocycles. The first kappa shape index (κ1) is 24.7. The van der Waals surface area contributed by atoms with E-state index in [1.165, 1.54) is 19.5 Å². The Morgan fingerprint density at radius 1 is 1.18 bits per heavy atom. The maximum atomic E-state index is 14.2. The number of Topliss-reactive ketones (excluding diaryl/α,β-unsaturated/α-hetero) is 1. The fourth-order valence-electron chi connectivity index (χ4n) is 10.8. The predicted octanol–water partition coefficient (Wildman–Crippen LogP) is 0.239. The number of methoxy groups -OCH3 is 1. The van der Waals surface area contributed by atoms with Gasteiger partial charge in [0, 0.05) is 33.6 Å². The number of esters is 2. The van der Waals surface area contributed by atoms with Gasteiger partial charge in [-0.3, -0.25) is 4.79 Å². The molecule has 4 N–H and O–H groups in total. The zero-order valence-corrected chi connectivity index (χ0v) is 21.5. The van der Waals surface area contributed by atoms with Gasteiger partial charge in [0.05, 0.1) is 36.8 Å². The van der Waals surface area contributed by atoms with E-state index in [0.717, 1.165) is 7.11 Å². The van der Waals surface area contributed by atoms with Gasteiger partial charge in [-0.05, 0) is 31.2 Å². The van der Waals surface area contributed by atoms with Gasteiger partial charge in [0.25, 0.3) is 0 Å². The molecule has 2 aliphatic heterocycles. The summed E-state index contributed by atoms with van der Waals surface area (Å²) in [5, 5.41) is 48.8. The van der Waals surface area contributed by atoms with Crippen LogP contribution in [0.5, 0.6) is 0 Å². The molecule has 38 heavy (non-hydrogen) atoms. The molecule has 13 atom stereocenters. The Kier molecular flexibility index (Phi) is 4.35. The summed E-state index contributed by atoms with van der Waals surface area (Å²) in [4.78, 5) is 40.3. The molecule has 2 saturated heterocycles. The van der Waals surface area contributed by atoms with Gasteiger partial charge in [0.1, 0.15) is 6.10 Å². The lowest BCUT2D eigenvalue weighted by Crippen LogP contribution is -2.80. The van der Waals surface area contributed by atoms with Crippen molar-refractivity contribution in [3.05, 3.63) is 24.2 Å². The standard InChI is InChI=1S/C27H32O11/c1-22-7-5-12-24(3)15(13(28)18(29)35-4)23(2)10-25(24,32)20-26(12,33)16(22)14(38-27(20,34)21(23)31)19(30)37-17(22)11-6-8-36-9-11/h6,8-9,12-17,20,28,32-34H,5,7,10H2,1-4H3/t12-,13+,14+,15+,16-,17+,20+,22-,23-,24-,25+,26+,27-/m1/s1. The smallest absolute Gasteiger partial charge is 0.336 e. The molecule has 0 spiro atoms. The molecule has 11 heteroatoms. The average Bonchev–Trinajstić information content (AvgIpc) is 3.46. The summed E-state index contributed by atoms with van der Waals surface area (Å²) in [5.41, 5.74) is -7.24. The van der Waals surface area contributed by atoms with E-state index >= 15 is 0 Å². The molecule has 7 rings (SSSR count). The third kappa shape index (κ3) is 2.17. The molecule has 0 aromatic carbocycles. The van der Waals surface area contributed by atoms with Crippen molar-refractivity contribution in [3.63, 3.8) is 0 Å². The number of carbonyl (C=O) groups is 3. The molecule has 1 aromatic rings. The minimum absolute atomic E-state index is 0.201. The fraction of sp³-hybridized carbons (Fsp3) is 0.741. The van der Waals surface area contributed by atoms with E-state index in [1.807, 2.05) is 6.92 Å². The minimum atomic E-state index is -2.75. The van der Waals surface area contributed by atoms with Crippen molar-refractivity contribution >= 4 is 17.7 Å². The van der Waals surface area contributed by atoms with Crippen molar-refractivity contribution in [1.29, 1.82) is 0 Å². The molecule has 0 unspecified atom stereocenters. The second kappa shape index (κ2) is 6.69. The summed E-state index contributed by atoms with van der Waals surface area (Å²) in [6.07, 6.45) is -0.632. The average molecular weight is 533 g/mol. The first-order chi connectivity index (χ1) is 17.7. The van der Waals surface area contributed by atoms with E-state index in [2.05, 4.69) is 0 Å². The van der Waals surface area contributed by atoms with Crippen LogP contribution < -0.4 is 0 Å². The molecule has 4 aliphatic carbocycles. The lowest BCUT2D eigenvalue weighted by atomic mass is 9.44. The van der Waals surface area contributed by atoms with Crippen LogP contribution in [0.15, 0.2) is 23.0 Å². The van der Waals surface area contributed by atoms with Crippen LogP contribution in [0.3, 0.4) is 0 Å². The van der Waals surface area contributed by atoms with Crippen LogP contribution in [-0.4, -0.2) is 74.5 Å². The highest BCUT2D eigenvalue weighted by molar-refractivity contribution is 5.96. The SMILES string of the molecule is COC(=O)[C@@H](O)[C@@H]1[C@@]2(C)[C@H]3CC[C@]4(C)[C@H]5[C@H](O[C@@]6(O)C(=O)[C@]1(C)C[C@]2(O)[C@H]6[C@@]53O)C(=O)O[C@H]4c1ccoc1. The maximum Gasteiger partial charge on any atom is 0.336 e. The summed E-state index contributed by atoms with van der Waals surface area (Å²) in [6.45, 7) is 5.02. The third-order valence-corrected chi connectivity index (χ3v) is 11.8. The van der Waals surface area contributed by atoms with Gasteiger partial charge in [-0.25, -0.2) is 9.59 Å². The van der Waals surface area contributed by atoms with Gasteiger partial charge in [-0.1, -0.05) is 20.8 Å². The highest BCUT2D eigenvalue weighted by Crippen LogP contribution is 2.84. The molecule has 3 heterocycles. The number of hydrogen-bond acceptors (Lipinski definition) is 11. The number of carbonyl (C=O) groups excluding carboxylic acids is 3. The van der Waals surface area contributed by atoms with Gasteiger partial charge in [0.2, 0.25) is 5.79 Å². The molecule has 11 nitrogen and oxygen atoms in total. The summed E-state index contributed by atoms with van der Waals surface area (Å²) in [6, 6.07) is 1.68. The third-order valence-electron chi connectivity index (χ3n) is 11.8. The van der Waals surface area contributed by atoms with Gasteiger partial charge < -0.3 is 39.1 Å². The number of aliphatic hydroxyl groups excluding tert-OH is 1. The Balaban J connectivity index is 1.50. The van der Waals surface area contributed by atoms with Crippen LogP contribution in [0.1, 0.15) is 51.7 Å². The highest BCUT2D eigenvalue weighted by atomic mass is 16.7. The zero-order chi connectivity index (χ0) is 27.4. The molecule has 0 amide bonds. The fourth-order valence-corrected chi connectivity index (χ4v) is 10.8. The number of furan rings is 1. The monoisotopic (exact) mass is 532 g/mol. The summed E-state index contributed by atoms with van der Waals surface area (Å²) >= 11 is 0. The van der Waals surface area contributed by atoms with Crippen LogP contribution in [0.25, 0.3) is 0 Å². The van der Waals surface area contributed by atoms with E-state index < -0.39 is 92.9 Å². The zero-order valence-electron chi connectivity index (χ0n) is 21.5. The second-order valence-electron chi connectivity index (χ2n) is 13.1. The van der Waals surface area contributed by atoms with E-state index in [9.17, 15) is 34.8 Å². The van der Waals surface area contributed by atoms with Crippen LogP contribution >= 0.6 is 0 Å². The second-order valence-corrected chi connectivity index (χ2v) is 13.1.